The number of urea groups is 1. The molecule has 1 atom stereocenters. The third-order valence-corrected chi connectivity index (χ3v) is 2.78. The number of carboxylic acid groups (broad SMARTS) is 1. The molecule has 0 aliphatic rings. The average Bonchev–Trinajstić information content (AvgIpc) is 2.33. The quantitative estimate of drug-likeness (QED) is 0.621. The van der Waals surface area contributed by atoms with Crippen molar-refractivity contribution in [3.8, 4) is 0 Å². The van der Waals surface area contributed by atoms with Crippen molar-refractivity contribution >= 4 is 12.0 Å². The first-order valence-electron chi connectivity index (χ1n) is 6.36. The first-order valence-corrected chi connectivity index (χ1v) is 6.36. The molecule has 0 saturated heterocycles. The van der Waals surface area contributed by atoms with E-state index in [1.807, 2.05) is 13.8 Å². The normalized spacial score (nSPS) is 11.7. The van der Waals surface area contributed by atoms with Crippen LogP contribution in [0, 0.1) is 5.92 Å². The zero-order valence-corrected chi connectivity index (χ0v) is 11.3. The standard InChI is InChI=1S/C13H24N2O3/c1-4-10-15(5-2)13(18)14-9-8-11(3)6-7-12(16)17/h4,11H,1,5-10H2,2-3H3,(H,14,18)(H,16,17). The first kappa shape index (κ1) is 16.5. The van der Waals surface area contributed by atoms with E-state index < -0.39 is 5.97 Å². The number of nitrogens with one attached hydrogen (secondary N) is 1. The molecule has 0 aromatic heterocycles. The second kappa shape index (κ2) is 9.50. The molecule has 0 aliphatic heterocycles. The largest absolute Gasteiger partial charge is 0.481 e. The van der Waals surface area contributed by atoms with Crippen LogP contribution in [-0.2, 0) is 4.79 Å². The zero-order chi connectivity index (χ0) is 14.0. The molecule has 0 aromatic carbocycles. The molecule has 0 heterocycles. The van der Waals surface area contributed by atoms with Gasteiger partial charge in [0, 0.05) is 26.1 Å². The molecule has 1 unspecified atom stereocenters. The van der Waals surface area contributed by atoms with Crippen molar-refractivity contribution in [2.24, 2.45) is 5.92 Å². The third kappa shape index (κ3) is 7.70. The molecular weight excluding hydrogens is 232 g/mol. The lowest BCUT2D eigenvalue weighted by atomic mass is 10.0. The predicted molar refractivity (Wildman–Crippen MR) is 71.5 cm³/mol. The van der Waals surface area contributed by atoms with Gasteiger partial charge < -0.3 is 15.3 Å². The van der Waals surface area contributed by atoms with Gasteiger partial charge in [0.05, 0.1) is 0 Å². The lowest BCUT2D eigenvalue weighted by Crippen LogP contribution is -2.40. The van der Waals surface area contributed by atoms with Crippen molar-refractivity contribution in [1.29, 1.82) is 0 Å². The topological polar surface area (TPSA) is 69.6 Å². The summed E-state index contributed by atoms with van der Waals surface area (Å²) in [5.41, 5.74) is 0. The lowest BCUT2D eigenvalue weighted by Gasteiger charge is -2.20. The van der Waals surface area contributed by atoms with Crippen LogP contribution in [-0.4, -0.2) is 41.6 Å². The Labute approximate surface area is 109 Å². The zero-order valence-electron chi connectivity index (χ0n) is 11.3. The molecule has 2 N–H and O–H groups in total. The van der Waals surface area contributed by atoms with Gasteiger partial charge in [0.1, 0.15) is 0 Å². The number of nitrogens with zero attached hydrogens (tertiary/aromatic N) is 1. The van der Waals surface area contributed by atoms with Crippen molar-refractivity contribution in [3.05, 3.63) is 12.7 Å². The van der Waals surface area contributed by atoms with Gasteiger partial charge in [-0.1, -0.05) is 13.0 Å². The molecule has 18 heavy (non-hydrogen) atoms. The molecule has 0 radical (unpaired) electrons. The number of rotatable bonds is 9. The maximum atomic E-state index is 11.7. The van der Waals surface area contributed by atoms with E-state index in [1.165, 1.54) is 0 Å². The molecule has 0 saturated carbocycles. The Bertz CT molecular complexity index is 279. The van der Waals surface area contributed by atoms with Gasteiger partial charge in [0.15, 0.2) is 0 Å². The summed E-state index contributed by atoms with van der Waals surface area (Å²) < 4.78 is 0. The van der Waals surface area contributed by atoms with Gasteiger partial charge in [0.25, 0.3) is 0 Å². The van der Waals surface area contributed by atoms with Crippen LogP contribution >= 0.6 is 0 Å². The highest BCUT2D eigenvalue weighted by Gasteiger charge is 2.10. The second-order valence-electron chi connectivity index (χ2n) is 4.39. The molecule has 0 bridgehead atoms. The second-order valence-corrected chi connectivity index (χ2v) is 4.39. The Morgan fingerprint density at radius 3 is 2.61 bits per heavy atom. The molecule has 0 rings (SSSR count). The molecule has 0 fully saturated rings. The Morgan fingerprint density at radius 2 is 2.11 bits per heavy atom. The van der Waals surface area contributed by atoms with E-state index in [4.69, 9.17) is 5.11 Å². The van der Waals surface area contributed by atoms with Gasteiger partial charge in [-0.05, 0) is 25.7 Å². The fraction of sp³-hybridized carbons (Fsp3) is 0.692. The van der Waals surface area contributed by atoms with Crippen molar-refractivity contribution in [3.63, 3.8) is 0 Å². The van der Waals surface area contributed by atoms with Gasteiger partial charge in [-0.25, -0.2) is 4.79 Å². The summed E-state index contributed by atoms with van der Waals surface area (Å²) in [6, 6.07) is -0.0946. The number of amides is 2. The monoisotopic (exact) mass is 256 g/mol. The van der Waals surface area contributed by atoms with Crippen LogP contribution in [0.2, 0.25) is 0 Å². The van der Waals surface area contributed by atoms with E-state index in [2.05, 4.69) is 11.9 Å². The Morgan fingerprint density at radius 1 is 1.44 bits per heavy atom. The van der Waals surface area contributed by atoms with Crippen LogP contribution in [0.3, 0.4) is 0 Å². The van der Waals surface area contributed by atoms with Crippen LogP contribution < -0.4 is 5.32 Å². The van der Waals surface area contributed by atoms with E-state index in [1.54, 1.807) is 11.0 Å². The number of hydrogen-bond donors (Lipinski definition) is 2. The molecule has 0 aliphatic carbocycles. The maximum absolute atomic E-state index is 11.7. The highest BCUT2D eigenvalue weighted by molar-refractivity contribution is 5.74. The van der Waals surface area contributed by atoms with Gasteiger partial charge in [0.2, 0.25) is 0 Å². The SMILES string of the molecule is C=CCN(CC)C(=O)NCCC(C)CCC(=O)O. The fourth-order valence-corrected chi connectivity index (χ4v) is 1.56. The van der Waals surface area contributed by atoms with Gasteiger partial charge in [-0.15, -0.1) is 6.58 Å². The van der Waals surface area contributed by atoms with E-state index >= 15 is 0 Å². The van der Waals surface area contributed by atoms with Crippen LogP contribution in [0.25, 0.3) is 0 Å². The van der Waals surface area contributed by atoms with E-state index in [0.717, 1.165) is 6.42 Å². The number of carboxylic acids is 1. The van der Waals surface area contributed by atoms with E-state index in [-0.39, 0.29) is 12.5 Å². The molecule has 5 nitrogen and oxygen atoms in total. The summed E-state index contributed by atoms with van der Waals surface area (Å²) in [6.45, 7) is 9.28. The van der Waals surface area contributed by atoms with Crippen LogP contribution in [0.4, 0.5) is 4.79 Å². The minimum absolute atomic E-state index is 0.0946. The minimum Gasteiger partial charge on any atom is -0.481 e. The summed E-state index contributed by atoms with van der Waals surface area (Å²) in [7, 11) is 0. The van der Waals surface area contributed by atoms with Gasteiger partial charge in [-0.3, -0.25) is 4.79 Å². The smallest absolute Gasteiger partial charge is 0.317 e. The van der Waals surface area contributed by atoms with Gasteiger partial charge in [-0.2, -0.15) is 0 Å². The number of carbonyl (C=O) groups excluding carboxylic acids is 1. The first-order chi connectivity index (χ1) is 8.51. The van der Waals surface area contributed by atoms with Crippen LogP contribution in [0.5, 0.6) is 0 Å². The van der Waals surface area contributed by atoms with Crippen molar-refractivity contribution in [1.82, 2.24) is 10.2 Å². The van der Waals surface area contributed by atoms with Crippen molar-refractivity contribution in [2.45, 2.75) is 33.1 Å². The number of aliphatic carboxylic acids is 1. The summed E-state index contributed by atoms with van der Waals surface area (Å²) >= 11 is 0. The molecule has 5 heteroatoms. The molecule has 0 aromatic rings. The molecule has 104 valence electrons. The van der Waals surface area contributed by atoms with E-state index in [9.17, 15) is 9.59 Å². The third-order valence-electron chi connectivity index (χ3n) is 2.78. The summed E-state index contributed by atoms with van der Waals surface area (Å²) in [4.78, 5) is 23.7. The molecule has 2 amide bonds. The summed E-state index contributed by atoms with van der Waals surface area (Å²) in [5.74, 6) is -0.468. The van der Waals surface area contributed by atoms with Crippen LogP contribution in [0.1, 0.15) is 33.1 Å². The van der Waals surface area contributed by atoms with Gasteiger partial charge >= 0.3 is 12.0 Å². The number of likely N-dealkylation sites (N-methyl/N-ethyl adjacent to an activating group) is 1. The van der Waals surface area contributed by atoms with E-state index in [0.29, 0.717) is 32.0 Å². The van der Waals surface area contributed by atoms with Crippen molar-refractivity contribution < 1.29 is 14.7 Å². The minimum atomic E-state index is -0.769. The average molecular weight is 256 g/mol. The Balaban J connectivity index is 3.78. The molecular formula is C13H24N2O3. The van der Waals surface area contributed by atoms with Crippen LogP contribution in [0.15, 0.2) is 12.7 Å². The lowest BCUT2D eigenvalue weighted by molar-refractivity contribution is -0.137. The maximum Gasteiger partial charge on any atom is 0.317 e. The summed E-state index contributed by atoms with van der Waals surface area (Å²) in [5, 5.41) is 11.4. The fourth-order valence-electron chi connectivity index (χ4n) is 1.56. The Kier molecular flexibility index (Phi) is 8.70. The highest BCUT2D eigenvalue weighted by Crippen LogP contribution is 2.09. The summed E-state index contributed by atoms with van der Waals surface area (Å²) in [6.07, 6.45) is 3.32. The highest BCUT2D eigenvalue weighted by atomic mass is 16.4. The Hall–Kier alpha value is -1.52. The number of hydrogen-bond acceptors (Lipinski definition) is 2. The predicted octanol–water partition coefficient (Wildman–Crippen LogP) is 2.09. The molecule has 0 spiro atoms. The van der Waals surface area contributed by atoms with Crippen molar-refractivity contribution in [2.75, 3.05) is 19.6 Å². The number of carbonyl (C=O) groups is 2.